The molecule has 1 unspecified atom stereocenters. The highest BCUT2D eigenvalue weighted by Crippen LogP contribution is 2.19. The van der Waals surface area contributed by atoms with E-state index < -0.39 is 5.91 Å². The first-order chi connectivity index (χ1) is 12.0. The molecule has 2 amide bonds. The second-order valence-corrected chi connectivity index (χ2v) is 5.68. The Hall–Kier alpha value is -3.02. The fourth-order valence-corrected chi connectivity index (χ4v) is 2.20. The van der Waals surface area contributed by atoms with Gasteiger partial charge in [0.25, 0.3) is 5.91 Å². The molecule has 0 radical (unpaired) electrons. The monoisotopic (exact) mass is 341 g/mol. The van der Waals surface area contributed by atoms with E-state index in [4.69, 9.17) is 10.5 Å². The molecule has 0 saturated heterocycles. The van der Waals surface area contributed by atoms with E-state index in [9.17, 15) is 9.59 Å². The molecule has 0 aromatic heterocycles. The maximum atomic E-state index is 12.1. The second kappa shape index (κ2) is 8.73. The predicted octanol–water partition coefficient (Wildman–Crippen LogP) is 3.01. The summed E-state index contributed by atoms with van der Waals surface area (Å²) in [5.74, 6) is -0.0717. The molecule has 0 aliphatic rings. The molecule has 0 saturated carbocycles. The van der Waals surface area contributed by atoms with E-state index in [0.29, 0.717) is 22.7 Å². The molecule has 2 aromatic carbocycles. The molecule has 0 heterocycles. The van der Waals surface area contributed by atoms with Gasteiger partial charge in [0.15, 0.2) is 0 Å². The number of benzene rings is 2. The molecule has 0 fully saturated rings. The first-order valence-electron chi connectivity index (χ1n) is 8.19. The highest BCUT2D eigenvalue weighted by molar-refractivity contribution is 6.00. The Labute approximate surface area is 147 Å². The van der Waals surface area contributed by atoms with Gasteiger partial charge in [0.05, 0.1) is 18.2 Å². The molecular weight excluding hydrogens is 318 g/mol. The van der Waals surface area contributed by atoms with E-state index >= 15 is 0 Å². The van der Waals surface area contributed by atoms with E-state index in [0.717, 1.165) is 6.42 Å². The number of nitrogens with two attached hydrogens (primary N) is 1. The first-order valence-corrected chi connectivity index (χ1v) is 8.19. The van der Waals surface area contributed by atoms with Crippen LogP contribution >= 0.6 is 0 Å². The highest BCUT2D eigenvalue weighted by atomic mass is 16.5. The number of primary amides is 1. The minimum atomic E-state index is -0.543. The summed E-state index contributed by atoms with van der Waals surface area (Å²) in [5, 5.41) is 5.72. The van der Waals surface area contributed by atoms with Crippen molar-refractivity contribution in [3.8, 4) is 5.75 Å². The first kappa shape index (κ1) is 18.3. The number of anilines is 2. The number of carbonyl (C=O) groups excluding carboxylic acids is 2. The third kappa shape index (κ3) is 5.53. The SMILES string of the molecule is CCC(C)Oc1cccc(NC(=O)CNc2ccccc2C(N)=O)c1. The van der Waals surface area contributed by atoms with Crippen molar-refractivity contribution < 1.29 is 14.3 Å². The van der Waals surface area contributed by atoms with Crippen LogP contribution in [0.15, 0.2) is 48.5 Å². The molecular formula is C19H23N3O3. The quantitative estimate of drug-likeness (QED) is 0.688. The zero-order chi connectivity index (χ0) is 18.2. The van der Waals surface area contributed by atoms with Crippen LogP contribution in [0.1, 0.15) is 30.6 Å². The molecule has 4 N–H and O–H groups in total. The highest BCUT2D eigenvalue weighted by Gasteiger charge is 2.09. The van der Waals surface area contributed by atoms with Crippen LogP contribution in [-0.2, 0) is 4.79 Å². The number of hydrogen-bond donors (Lipinski definition) is 3. The fraction of sp³-hybridized carbons (Fsp3) is 0.263. The average molecular weight is 341 g/mol. The van der Waals surface area contributed by atoms with E-state index in [1.165, 1.54) is 0 Å². The molecule has 6 heteroatoms. The third-order valence-electron chi connectivity index (χ3n) is 3.66. The maximum absolute atomic E-state index is 12.1. The van der Waals surface area contributed by atoms with Gasteiger partial charge in [0.1, 0.15) is 5.75 Å². The van der Waals surface area contributed by atoms with Gasteiger partial charge < -0.3 is 21.1 Å². The smallest absolute Gasteiger partial charge is 0.250 e. The van der Waals surface area contributed by atoms with E-state index in [2.05, 4.69) is 10.6 Å². The van der Waals surface area contributed by atoms with Crippen LogP contribution in [0, 0.1) is 0 Å². The van der Waals surface area contributed by atoms with Gasteiger partial charge in [0, 0.05) is 17.4 Å². The maximum Gasteiger partial charge on any atom is 0.250 e. The summed E-state index contributed by atoms with van der Waals surface area (Å²) in [6, 6.07) is 14.0. The van der Waals surface area contributed by atoms with E-state index in [-0.39, 0.29) is 18.6 Å². The summed E-state index contributed by atoms with van der Waals surface area (Å²) in [5.41, 5.74) is 6.84. The standard InChI is InChI=1S/C19H23N3O3/c1-3-13(2)25-15-8-6-7-14(11-15)22-18(23)12-21-17-10-5-4-9-16(17)19(20)24/h4-11,13,21H,3,12H2,1-2H3,(H2,20,24)(H,22,23). The van der Waals surface area contributed by atoms with Crippen molar-refractivity contribution in [1.82, 2.24) is 0 Å². The van der Waals surface area contributed by atoms with E-state index in [1.807, 2.05) is 26.0 Å². The molecule has 0 aliphatic heterocycles. The van der Waals surface area contributed by atoms with Crippen molar-refractivity contribution in [3.63, 3.8) is 0 Å². The van der Waals surface area contributed by atoms with Crippen molar-refractivity contribution in [1.29, 1.82) is 0 Å². The summed E-state index contributed by atoms with van der Waals surface area (Å²) in [6.07, 6.45) is 1.01. The Balaban J connectivity index is 1.95. The van der Waals surface area contributed by atoms with Gasteiger partial charge in [-0.15, -0.1) is 0 Å². The number of para-hydroxylation sites is 1. The van der Waals surface area contributed by atoms with Gasteiger partial charge in [-0.2, -0.15) is 0 Å². The van der Waals surface area contributed by atoms with Crippen LogP contribution in [0.25, 0.3) is 0 Å². The van der Waals surface area contributed by atoms with Crippen LogP contribution in [0.3, 0.4) is 0 Å². The minimum Gasteiger partial charge on any atom is -0.491 e. The number of carbonyl (C=O) groups is 2. The second-order valence-electron chi connectivity index (χ2n) is 5.68. The van der Waals surface area contributed by atoms with Crippen LogP contribution < -0.4 is 21.1 Å². The van der Waals surface area contributed by atoms with Gasteiger partial charge in [-0.25, -0.2) is 0 Å². The van der Waals surface area contributed by atoms with Crippen molar-refractivity contribution in [2.75, 3.05) is 17.2 Å². The van der Waals surface area contributed by atoms with Crippen molar-refractivity contribution in [3.05, 3.63) is 54.1 Å². The molecule has 0 spiro atoms. The van der Waals surface area contributed by atoms with Crippen LogP contribution in [0.5, 0.6) is 5.75 Å². The van der Waals surface area contributed by atoms with Gasteiger partial charge in [-0.05, 0) is 37.6 Å². The molecule has 2 rings (SSSR count). The lowest BCUT2D eigenvalue weighted by atomic mass is 10.1. The van der Waals surface area contributed by atoms with Gasteiger partial charge >= 0.3 is 0 Å². The lowest BCUT2D eigenvalue weighted by Gasteiger charge is -2.14. The molecule has 6 nitrogen and oxygen atoms in total. The number of amides is 2. The molecule has 1 atom stereocenters. The van der Waals surface area contributed by atoms with E-state index in [1.54, 1.807) is 36.4 Å². The molecule has 0 bridgehead atoms. The summed E-state index contributed by atoms with van der Waals surface area (Å²) >= 11 is 0. The van der Waals surface area contributed by atoms with Gasteiger partial charge in [0.2, 0.25) is 5.91 Å². The van der Waals surface area contributed by atoms with Crippen molar-refractivity contribution >= 4 is 23.2 Å². The Kier molecular flexibility index (Phi) is 6.39. The summed E-state index contributed by atoms with van der Waals surface area (Å²) in [4.78, 5) is 23.5. The minimum absolute atomic E-state index is 0.0146. The fourth-order valence-electron chi connectivity index (χ4n) is 2.20. The Morgan fingerprint density at radius 2 is 1.92 bits per heavy atom. The lowest BCUT2D eigenvalue weighted by molar-refractivity contribution is -0.114. The summed E-state index contributed by atoms with van der Waals surface area (Å²) < 4.78 is 5.74. The number of nitrogens with one attached hydrogen (secondary N) is 2. The predicted molar refractivity (Wildman–Crippen MR) is 98.9 cm³/mol. The third-order valence-corrected chi connectivity index (χ3v) is 3.66. The zero-order valence-corrected chi connectivity index (χ0v) is 14.4. The number of hydrogen-bond acceptors (Lipinski definition) is 4. The number of ether oxygens (including phenoxy) is 1. The van der Waals surface area contributed by atoms with Crippen molar-refractivity contribution in [2.24, 2.45) is 5.73 Å². The molecule has 132 valence electrons. The Morgan fingerprint density at radius 1 is 1.16 bits per heavy atom. The number of rotatable bonds is 8. The van der Waals surface area contributed by atoms with Gasteiger partial charge in [-0.1, -0.05) is 25.1 Å². The molecule has 0 aliphatic carbocycles. The molecule has 25 heavy (non-hydrogen) atoms. The topological polar surface area (TPSA) is 93.4 Å². The van der Waals surface area contributed by atoms with Crippen LogP contribution in [-0.4, -0.2) is 24.5 Å². The Morgan fingerprint density at radius 3 is 2.64 bits per heavy atom. The Bertz CT molecular complexity index is 746. The van der Waals surface area contributed by atoms with Crippen LogP contribution in [0.4, 0.5) is 11.4 Å². The largest absolute Gasteiger partial charge is 0.491 e. The van der Waals surface area contributed by atoms with Crippen LogP contribution in [0.2, 0.25) is 0 Å². The summed E-state index contributed by atoms with van der Waals surface area (Å²) in [7, 11) is 0. The molecule has 2 aromatic rings. The van der Waals surface area contributed by atoms with Crippen molar-refractivity contribution in [2.45, 2.75) is 26.4 Å². The average Bonchev–Trinajstić information content (AvgIpc) is 2.60. The normalized spacial score (nSPS) is 11.4. The van der Waals surface area contributed by atoms with Gasteiger partial charge in [-0.3, -0.25) is 9.59 Å². The lowest BCUT2D eigenvalue weighted by Crippen LogP contribution is -2.23. The zero-order valence-electron chi connectivity index (χ0n) is 14.4. The summed E-state index contributed by atoms with van der Waals surface area (Å²) in [6.45, 7) is 4.05.